The maximum atomic E-state index is 5.44. The topological polar surface area (TPSA) is 38.1 Å². The van der Waals surface area contributed by atoms with Crippen LogP contribution in [0.3, 0.4) is 0 Å². The van der Waals surface area contributed by atoms with Gasteiger partial charge in [-0.15, -0.1) is 0 Å². The average molecular weight is 244 g/mol. The maximum Gasteiger partial charge on any atom is 0.208 e. The summed E-state index contributed by atoms with van der Waals surface area (Å²) < 4.78 is 5.44. The molecule has 0 saturated heterocycles. The Morgan fingerprint density at radius 2 is 1.83 bits per heavy atom. The first-order valence-electron chi connectivity index (χ1n) is 6.27. The molecular formula is C15H20N2O. The number of nitrogens with one attached hydrogen (secondary N) is 1. The molecule has 1 unspecified atom stereocenters. The van der Waals surface area contributed by atoms with E-state index in [4.69, 9.17) is 4.42 Å². The zero-order chi connectivity index (χ0) is 13.1. The van der Waals surface area contributed by atoms with Gasteiger partial charge in [-0.25, -0.2) is 4.98 Å². The van der Waals surface area contributed by atoms with E-state index in [-0.39, 0.29) is 6.04 Å². The number of hydrogen-bond acceptors (Lipinski definition) is 3. The number of benzene rings is 1. The lowest BCUT2D eigenvalue weighted by molar-refractivity contribution is 0.432. The predicted molar refractivity (Wildman–Crippen MR) is 72.4 cm³/mol. The van der Waals surface area contributed by atoms with Crippen molar-refractivity contribution in [3.8, 4) is 0 Å². The molecule has 0 saturated carbocycles. The summed E-state index contributed by atoms with van der Waals surface area (Å²) in [6.45, 7) is 8.97. The van der Waals surface area contributed by atoms with E-state index in [1.807, 2.05) is 6.92 Å². The van der Waals surface area contributed by atoms with Crippen LogP contribution in [0, 0.1) is 20.8 Å². The van der Waals surface area contributed by atoms with Crippen LogP contribution in [0.15, 0.2) is 28.8 Å². The van der Waals surface area contributed by atoms with E-state index in [1.165, 1.54) is 16.7 Å². The highest BCUT2D eigenvalue weighted by Crippen LogP contribution is 2.17. The van der Waals surface area contributed by atoms with Crippen molar-refractivity contribution in [1.82, 2.24) is 10.3 Å². The Labute approximate surface area is 108 Å². The summed E-state index contributed by atoms with van der Waals surface area (Å²) in [4.78, 5) is 4.19. The third-order valence-corrected chi connectivity index (χ3v) is 2.97. The number of nitrogens with zero attached hydrogens (tertiary/aromatic N) is 1. The fourth-order valence-electron chi connectivity index (χ4n) is 2.10. The fourth-order valence-corrected chi connectivity index (χ4v) is 2.10. The zero-order valence-electron chi connectivity index (χ0n) is 11.4. The summed E-state index contributed by atoms with van der Waals surface area (Å²) in [5, 5.41) is 3.43. The van der Waals surface area contributed by atoms with Crippen LogP contribution in [-0.4, -0.2) is 4.98 Å². The van der Waals surface area contributed by atoms with Crippen LogP contribution in [0.1, 0.15) is 41.3 Å². The summed E-state index contributed by atoms with van der Waals surface area (Å²) in [5.41, 5.74) is 3.90. The Balaban J connectivity index is 2.01. The highest BCUT2D eigenvalue weighted by Gasteiger charge is 2.08. The minimum absolute atomic E-state index is 0.288. The van der Waals surface area contributed by atoms with Crippen LogP contribution >= 0.6 is 0 Å². The van der Waals surface area contributed by atoms with Crippen LogP contribution < -0.4 is 5.32 Å². The third-order valence-electron chi connectivity index (χ3n) is 2.97. The summed E-state index contributed by atoms with van der Waals surface area (Å²) in [6.07, 6.45) is 1.75. The molecule has 96 valence electrons. The van der Waals surface area contributed by atoms with Gasteiger partial charge in [-0.1, -0.05) is 29.3 Å². The van der Waals surface area contributed by atoms with Gasteiger partial charge in [0.05, 0.1) is 12.7 Å². The van der Waals surface area contributed by atoms with Crippen molar-refractivity contribution in [3.63, 3.8) is 0 Å². The molecule has 1 atom stereocenters. The van der Waals surface area contributed by atoms with Crippen molar-refractivity contribution in [1.29, 1.82) is 0 Å². The van der Waals surface area contributed by atoms with Gasteiger partial charge >= 0.3 is 0 Å². The highest BCUT2D eigenvalue weighted by atomic mass is 16.4. The van der Waals surface area contributed by atoms with E-state index >= 15 is 0 Å². The second kappa shape index (κ2) is 5.36. The van der Waals surface area contributed by atoms with Crippen molar-refractivity contribution in [2.24, 2.45) is 0 Å². The first-order chi connectivity index (χ1) is 8.54. The van der Waals surface area contributed by atoms with Crippen molar-refractivity contribution in [3.05, 3.63) is 52.7 Å². The predicted octanol–water partition coefficient (Wildman–Crippen LogP) is 3.45. The zero-order valence-corrected chi connectivity index (χ0v) is 11.4. The second-order valence-electron chi connectivity index (χ2n) is 4.89. The lowest BCUT2D eigenvalue weighted by Gasteiger charge is -2.14. The first kappa shape index (κ1) is 12.8. The normalized spacial score (nSPS) is 12.7. The molecule has 3 nitrogen and oxygen atoms in total. The average Bonchev–Trinajstić information content (AvgIpc) is 2.70. The summed E-state index contributed by atoms with van der Waals surface area (Å²) in [5.74, 6) is 1.59. The van der Waals surface area contributed by atoms with Gasteiger partial charge in [0.2, 0.25) is 5.89 Å². The van der Waals surface area contributed by atoms with E-state index in [0.717, 1.165) is 11.7 Å². The van der Waals surface area contributed by atoms with E-state index in [0.29, 0.717) is 6.54 Å². The Kier molecular flexibility index (Phi) is 3.82. The fraction of sp³-hybridized carbons (Fsp3) is 0.400. The van der Waals surface area contributed by atoms with Gasteiger partial charge in [-0.3, -0.25) is 0 Å². The molecular weight excluding hydrogens is 224 g/mol. The second-order valence-corrected chi connectivity index (χ2v) is 4.89. The summed E-state index contributed by atoms with van der Waals surface area (Å²) in [7, 11) is 0. The molecule has 1 heterocycles. The van der Waals surface area contributed by atoms with Crippen LogP contribution in [0.4, 0.5) is 0 Å². The van der Waals surface area contributed by atoms with Gasteiger partial charge in [0.15, 0.2) is 0 Å². The summed E-state index contributed by atoms with van der Waals surface area (Å²) in [6, 6.07) is 6.90. The van der Waals surface area contributed by atoms with Crippen LogP contribution in [-0.2, 0) is 6.54 Å². The Bertz CT molecular complexity index is 511. The molecule has 0 spiro atoms. The van der Waals surface area contributed by atoms with Crippen LogP contribution in [0.5, 0.6) is 0 Å². The lowest BCUT2D eigenvalue weighted by atomic mass is 10.0. The lowest BCUT2D eigenvalue weighted by Crippen LogP contribution is -2.18. The van der Waals surface area contributed by atoms with Crippen molar-refractivity contribution in [2.45, 2.75) is 40.3 Å². The molecule has 18 heavy (non-hydrogen) atoms. The van der Waals surface area contributed by atoms with Gasteiger partial charge in [0.25, 0.3) is 0 Å². The monoisotopic (exact) mass is 244 g/mol. The molecule has 1 aromatic heterocycles. The smallest absolute Gasteiger partial charge is 0.208 e. The van der Waals surface area contributed by atoms with Gasteiger partial charge in [-0.05, 0) is 33.3 Å². The molecule has 1 N–H and O–H groups in total. The number of aryl methyl sites for hydroxylation is 3. The molecule has 0 aliphatic carbocycles. The molecule has 2 rings (SSSR count). The van der Waals surface area contributed by atoms with Crippen molar-refractivity contribution < 1.29 is 4.42 Å². The third kappa shape index (κ3) is 3.20. The largest absolute Gasteiger partial charge is 0.445 e. The number of oxazole rings is 1. The minimum atomic E-state index is 0.288. The molecule has 0 amide bonds. The van der Waals surface area contributed by atoms with E-state index in [2.05, 4.69) is 49.3 Å². The maximum absolute atomic E-state index is 5.44. The number of aromatic nitrogens is 1. The molecule has 0 fully saturated rings. The van der Waals surface area contributed by atoms with Crippen LogP contribution in [0.2, 0.25) is 0 Å². The standard InChI is InChI=1S/C15H20N2O/c1-10-5-11(2)7-14(6-10)13(4)16-9-15-17-8-12(3)18-15/h5-8,13,16H,9H2,1-4H3. The van der Waals surface area contributed by atoms with Crippen molar-refractivity contribution >= 4 is 0 Å². The molecule has 2 aromatic rings. The summed E-state index contributed by atoms with van der Waals surface area (Å²) >= 11 is 0. The highest BCUT2D eigenvalue weighted by molar-refractivity contribution is 5.30. The van der Waals surface area contributed by atoms with Gasteiger partial charge in [-0.2, -0.15) is 0 Å². The van der Waals surface area contributed by atoms with Gasteiger partial charge in [0.1, 0.15) is 5.76 Å². The first-order valence-corrected chi connectivity index (χ1v) is 6.27. The van der Waals surface area contributed by atoms with E-state index < -0.39 is 0 Å². The van der Waals surface area contributed by atoms with Gasteiger partial charge in [0, 0.05) is 6.04 Å². The molecule has 3 heteroatoms. The van der Waals surface area contributed by atoms with Crippen molar-refractivity contribution in [2.75, 3.05) is 0 Å². The molecule has 1 aromatic carbocycles. The SMILES string of the molecule is Cc1cc(C)cc(C(C)NCc2ncc(C)o2)c1. The molecule has 0 bridgehead atoms. The molecule has 0 aliphatic heterocycles. The Morgan fingerprint density at radius 3 is 2.39 bits per heavy atom. The number of rotatable bonds is 4. The Hall–Kier alpha value is -1.61. The minimum Gasteiger partial charge on any atom is -0.445 e. The quantitative estimate of drug-likeness (QED) is 0.895. The number of hydrogen-bond donors (Lipinski definition) is 1. The van der Waals surface area contributed by atoms with E-state index in [1.54, 1.807) is 6.20 Å². The Morgan fingerprint density at radius 1 is 1.17 bits per heavy atom. The van der Waals surface area contributed by atoms with E-state index in [9.17, 15) is 0 Å². The van der Waals surface area contributed by atoms with Gasteiger partial charge < -0.3 is 9.73 Å². The van der Waals surface area contributed by atoms with Crippen LogP contribution in [0.25, 0.3) is 0 Å². The molecule has 0 aliphatic rings. The molecule has 0 radical (unpaired) electrons.